The van der Waals surface area contributed by atoms with Crippen LogP contribution in [0, 0.1) is 12.8 Å². The number of benzene rings is 1. The van der Waals surface area contributed by atoms with E-state index in [1.807, 2.05) is 13.8 Å². The Morgan fingerprint density at radius 3 is 2.27 bits per heavy atom. The van der Waals surface area contributed by atoms with Gasteiger partial charge in [0.15, 0.2) is 0 Å². The van der Waals surface area contributed by atoms with Crippen LogP contribution in [0.2, 0.25) is 0 Å². The largest absolute Gasteiger partial charge is 0.480 e. The molecule has 1 heterocycles. The van der Waals surface area contributed by atoms with Crippen molar-refractivity contribution in [1.29, 1.82) is 0 Å². The first kappa shape index (κ1) is 26.8. The number of carbonyl (C=O) groups excluding carboxylic acids is 2. The Labute approximate surface area is 196 Å². The van der Waals surface area contributed by atoms with E-state index in [-0.39, 0.29) is 22.6 Å². The number of likely N-dealkylation sites (tertiary alicyclic amines) is 1. The summed E-state index contributed by atoms with van der Waals surface area (Å²) in [7, 11) is -3.83. The van der Waals surface area contributed by atoms with Gasteiger partial charge in [0.1, 0.15) is 6.04 Å². The van der Waals surface area contributed by atoms with Crippen LogP contribution in [0.1, 0.15) is 57.9 Å². The molecular formula is C23H35N3O6S. The van der Waals surface area contributed by atoms with Gasteiger partial charge in [-0.05, 0) is 45.2 Å². The minimum atomic E-state index is -3.83. The van der Waals surface area contributed by atoms with Crippen LogP contribution in [-0.2, 0) is 24.4 Å². The van der Waals surface area contributed by atoms with Crippen LogP contribution in [0.25, 0.3) is 0 Å². The second kappa shape index (κ2) is 12.1. The molecule has 33 heavy (non-hydrogen) atoms. The predicted molar refractivity (Wildman–Crippen MR) is 124 cm³/mol. The molecule has 0 bridgehead atoms. The Morgan fingerprint density at radius 1 is 1.12 bits per heavy atom. The van der Waals surface area contributed by atoms with Crippen molar-refractivity contribution in [2.45, 2.75) is 76.3 Å². The molecule has 2 amide bonds. The van der Waals surface area contributed by atoms with Crippen LogP contribution in [0.15, 0.2) is 29.2 Å². The fraction of sp³-hybridized carbons (Fsp3) is 0.609. The van der Waals surface area contributed by atoms with Gasteiger partial charge in [0.2, 0.25) is 21.8 Å². The molecular weight excluding hydrogens is 446 g/mol. The summed E-state index contributed by atoms with van der Waals surface area (Å²) in [5, 5.41) is 12.0. The van der Waals surface area contributed by atoms with Crippen molar-refractivity contribution in [2.75, 3.05) is 13.1 Å². The van der Waals surface area contributed by atoms with Gasteiger partial charge >= 0.3 is 5.97 Å². The second-order valence-electron chi connectivity index (χ2n) is 8.65. The minimum Gasteiger partial charge on any atom is -0.480 e. The third-order valence-electron chi connectivity index (χ3n) is 5.92. The number of rotatable bonds is 11. The molecule has 2 atom stereocenters. The molecule has 184 valence electrons. The summed E-state index contributed by atoms with van der Waals surface area (Å²) in [6.45, 7) is 5.99. The zero-order valence-corrected chi connectivity index (χ0v) is 20.4. The van der Waals surface area contributed by atoms with Crippen molar-refractivity contribution in [3.05, 3.63) is 29.8 Å². The van der Waals surface area contributed by atoms with E-state index in [2.05, 4.69) is 10.0 Å². The highest BCUT2D eigenvalue weighted by molar-refractivity contribution is 7.89. The molecule has 1 saturated heterocycles. The average molecular weight is 482 g/mol. The van der Waals surface area contributed by atoms with E-state index in [1.165, 1.54) is 19.1 Å². The lowest BCUT2D eigenvalue weighted by Crippen LogP contribution is -2.51. The number of aryl methyl sites for hydroxylation is 1. The van der Waals surface area contributed by atoms with Crippen molar-refractivity contribution < 1.29 is 27.9 Å². The molecule has 1 fully saturated rings. The number of aliphatic carboxylic acids is 1. The molecule has 2 unspecified atom stereocenters. The maximum Gasteiger partial charge on any atom is 0.326 e. The van der Waals surface area contributed by atoms with E-state index in [0.717, 1.165) is 24.8 Å². The van der Waals surface area contributed by atoms with E-state index in [0.29, 0.717) is 32.4 Å². The van der Waals surface area contributed by atoms with Crippen LogP contribution in [-0.4, -0.2) is 61.4 Å². The quantitative estimate of drug-likeness (QED) is 0.414. The monoisotopic (exact) mass is 481 g/mol. The van der Waals surface area contributed by atoms with Crippen molar-refractivity contribution >= 4 is 27.8 Å². The number of sulfonamides is 1. The molecule has 10 heteroatoms. The summed E-state index contributed by atoms with van der Waals surface area (Å²) in [4.78, 5) is 38.4. The Morgan fingerprint density at radius 2 is 1.73 bits per heavy atom. The zero-order chi connectivity index (χ0) is 24.6. The molecule has 1 aromatic carbocycles. The highest BCUT2D eigenvalue weighted by Crippen LogP contribution is 2.19. The molecule has 0 aliphatic carbocycles. The van der Waals surface area contributed by atoms with Crippen molar-refractivity contribution in [1.82, 2.24) is 14.9 Å². The number of carbonyl (C=O) groups is 3. The molecule has 1 aliphatic heterocycles. The molecule has 0 spiro atoms. The highest BCUT2D eigenvalue weighted by Gasteiger charge is 2.32. The lowest BCUT2D eigenvalue weighted by atomic mass is 9.95. The second-order valence-corrected chi connectivity index (χ2v) is 10.4. The van der Waals surface area contributed by atoms with Crippen LogP contribution < -0.4 is 10.0 Å². The van der Waals surface area contributed by atoms with Gasteiger partial charge in [-0.1, -0.05) is 43.9 Å². The first-order valence-corrected chi connectivity index (χ1v) is 12.9. The normalized spacial score (nSPS) is 16.8. The summed E-state index contributed by atoms with van der Waals surface area (Å²) in [6, 6.07) is 4.51. The number of carboxylic acids is 1. The number of nitrogens with one attached hydrogen (secondary N) is 2. The van der Waals surface area contributed by atoms with Crippen LogP contribution in [0.3, 0.4) is 0 Å². The summed E-state index contributed by atoms with van der Waals surface area (Å²) in [5.41, 5.74) is 0.931. The molecule has 1 aliphatic rings. The average Bonchev–Trinajstić information content (AvgIpc) is 2.77. The number of carboxylic acid groups (broad SMARTS) is 1. The predicted octanol–water partition coefficient (Wildman–Crippen LogP) is 2.05. The van der Waals surface area contributed by atoms with Crippen molar-refractivity contribution in [2.24, 2.45) is 5.92 Å². The summed E-state index contributed by atoms with van der Waals surface area (Å²) < 4.78 is 27.5. The zero-order valence-electron chi connectivity index (χ0n) is 19.5. The van der Waals surface area contributed by atoms with Crippen LogP contribution in [0.5, 0.6) is 0 Å². The lowest BCUT2D eigenvalue weighted by molar-refractivity contribution is -0.143. The van der Waals surface area contributed by atoms with Gasteiger partial charge < -0.3 is 15.3 Å². The number of piperidine rings is 1. The third kappa shape index (κ3) is 7.82. The Balaban J connectivity index is 1.87. The number of hydrogen-bond acceptors (Lipinski definition) is 5. The van der Waals surface area contributed by atoms with Gasteiger partial charge in [-0.2, -0.15) is 4.72 Å². The van der Waals surface area contributed by atoms with E-state index < -0.39 is 28.1 Å². The van der Waals surface area contributed by atoms with Gasteiger partial charge in [-0.3, -0.25) is 9.59 Å². The molecule has 1 aromatic rings. The number of hydrogen-bond donors (Lipinski definition) is 3. The number of unbranched alkanes of at least 4 members (excludes halogenated alkanes) is 2. The van der Waals surface area contributed by atoms with Crippen LogP contribution in [0.4, 0.5) is 0 Å². The molecule has 9 nitrogen and oxygen atoms in total. The van der Waals surface area contributed by atoms with Gasteiger partial charge in [0, 0.05) is 19.0 Å². The first-order chi connectivity index (χ1) is 15.5. The standard InChI is InChI=1S/C23H35N3O6S/c1-4-5-6-7-20(23(29)30)24-21(27)18-12-14-26(15-13-18)22(28)17(3)25-33(31,32)19-10-8-16(2)9-11-19/h8-11,17-18,20,25H,4-7,12-15H2,1-3H3,(H,24,27)(H,29,30). The Bertz CT molecular complexity index is 924. The third-order valence-corrected chi connectivity index (χ3v) is 7.48. The maximum atomic E-state index is 12.8. The minimum absolute atomic E-state index is 0.0926. The smallest absolute Gasteiger partial charge is 0.326 e. The summed E-state index contributed by atoms with van der Waals surface area (Å²) >= 11 is 0. The number of amides is 2. The maximum absolute atomic E-state index is 12.8. The fourth-order valence-corrected chi connectivity index (χ4v) is 5.05. The molecule has 0 saturated carbocycles. The Kier molecular flexibility index (Phi) is 9.85. The Hall–Kier alpha value is -2.46. The van der Waals surface area contributed by atoms with Crippen molar-refractivity contribution in [3.8, 4) is 0 Å². The van der Waals surface area contributed by atoms with Crippen LogP contribution >= 0.6 is 0 Å². The molecule has 2 rings (SSSR count). The molecule has 0 radical (unpaired) electrons. The van der Waals surface area contributed by atoms with Gasteiger partial charge in [-0.15, -0.1) is 0 Å². The van der Waals surface area contributed by atoms with E-state index in [1.54, 1.807) is 17.0 Å². The van der Waals surface area contributed by atoms with E-state index >= 15 is 0 Å². The fourth-order valence-electron chi connectivity index (χ4n) is 3.85. The topological polar surface area (TPSA) is 133 Å². The van der Waals surface area contributed by atoms with Gasteiger partial charge in [0.25, 0.3) is 0 Å². The van der Waals surface area contributed by atoms with Gasteiger partial charge in [-0.25, -0.2) is 13.2 Å². The van der Waals surface area contributed by atoms with Crippen molar-refractivity contribution in [3.63, 3.8) is 0 Å². The summed E-state index contributed by atoms with van der Waals surface area (Å²) in [5.74, 6) is -2.07. The summed E-state index contributed by atoms with van der Waals surface area (Å²) in [6.07, 6.45) is 3.80. The molecule has 3 N–H and O–H groups in total. The number of nitrogens with zero attached hydrogens (tertiary/aromatic N) is 1. The van der Waals surface area contributed by atoms with E-state index in [4.69, 9.17) is 0 Å². The first-order valence-electron chi connectivity index (χ1n) is 11.5. The SMILES string of the molecule is CCCCCC(NC(=O)C1CCN(C(=O)C(C)NS(=O)(=O)c2ccc(C)cc2)CC1)C(=O)O. The van der Waals surface area contributed by atoms with Gasteiger partial charge in [0.05, 0.1) is 10.9 Å². The highest BCUT2D eigenvalue weighted by atomic mass is 32.2. The molecule has 0 aromatic heterocycles. The van der Waals surface area contributed by atoms with E-state index in [9.17, 15) is 27.9 Å². The lowest BCUT2D eigenvalue weighted by Gasteiger charge is -2.33.